The zero-order valence-corrected chi connectivity index (χ0v) is 10.5. The average Bonchev–Trinajstić information content (AvgIpc) is 2.70. The van der Waals surface area contributed by atoms with Gasteiger partial charge in [0.15, 0.2) is 0 Å². The van der Waals surface area contributed by atoms with Gasteiger partial charge in [0, 0.05) is 12.0 Å². The highest BCUT2D eigenvalue weighted by atomic mass is 35.5. The van der Waals surface area contributed by atoms with Crippen LogP contribution in [0.5, 0.6) is 0 Å². The molecule has 0 atom stereocenters. The molecule has 0 radical (unpaired) electrons. The summed E-state index contributed by atoms with van der Waals surface area (Å²) in [7, 11) is 0. The zero-order valence-electron chi connectivity index (χ0n) is 8.95. The molecular weight excluding hydrogens is 259 g/mol. The Kier molecular flexibility index (Phi) is 3.87. The number of hydrogen-bond donors (Lipinski definition) is 0. The fourth-order valence-electron chi connectivity index (χ4n) is 1.49. The number of hydrogen-bond acceptors (Lipinski definition) is 2. The number of halogens is 2. The first kappa shape index (κ1) is 12.2. The average molecular weight is 269 g/mol. The van der Waals surface area contributed by atoms with E-state index in [-0.39, 0.29) is 5.97 Å². The van der Waals surface area contributed by atoms with Crippen LogP contribution in [0.15, 0.2) is 35.9 Å². The van der Waals surface area contributed by atoms with Crippen LogP contribution in [-0.4, -0.2) is 12.6 Å². The number of carbonyl (C=O) groups excluding carboxylic acids is 1. The predicted octanol–water partition coefficient (Wildman–Crippen LogP) is 3.88. The van der Waals surface area contributed by atoms with E-state index in [1.165, 1.54) is 0 Å². The maximum atomic E-state index is 11.2. The third-order valence-electron chi connectivity index (χ3n) is 2.40. The molecule has 1 fully saturated rings. The monoisotopic (exact) mass is 268 g/mol. The van der Waals surface area contributed by atoms with Crippen molar-refractivity contribution in [2.45, 2.75) is 6.42 Å². The Balaban J connectivity index is 2.10. The van der Waals surface area contributed by atoms with Crippen molar-refractivity contribution in [3.8, 4) is 0 Å². The SMILES string of the molecule is O=C1OCC/C1=C\C=C\c1ccc(Cl)c(Cl)c1. The first-order valence-corrected chi connectivity index (χ1v) is 5.92. The smallest absolute Gasteiger partial charge is 0.334 e. The molecule has 1 aromatic carbocycles. The minimum absolute atomic E-state index is 0.233. The molecule has 1 aliphatic heterocycles. The largest absolute Gasteiger partial charge is 0.462 e. The standard InChI is InChI=1S/C13H10Cl2O2/c14-11-5-4-9(8-12(11)15)2-1-3-10-6-7-17-13(10)16/h1-5,8H,6-7H2/b2-1+,10-3+. The molecule has 0 unspecified atom stereocenters. The van der Waals surface area contributed by atoms with E-state index in [4.69, 9.17) is 27.9 Å². The van der Waals surface area contributed by atoms with Crippen LogP contribution >= 0.6 is 23.2 Å². The van der Waals surface area contributed by atoms with Gasteiger partial charge in [0.2, 0.25) is 0 Å². The molecule has 1 aliphatic rings. The minimum Gasteiger partial charge on any atom is -0.462 e. The molecule has 0 saturated carbocycles. The molecule has 17 heavy (non-hydrogen) atoms. The van der Waals surface area contributed by atoms with Crippen molar-refractivity contribution in [1.29, 1.82) is 0 Å². The van der Waals surface area contributed by atoms with Crippen LogP contribution < -0.4 is 0 Å². The molecule has 0 spiro atoms. The summed E-state index contributed by atoms with van der Waals surface area (Å²) in [6.45, 7) is 0.477. The first-order valence-electron chi connectivity index (χ1n) is 5.16. The first-order chi connectivity index (χ1) is 8.16. The van der Waals surface area contributed by atoms with Gasteiger partial charge in [-0.3, -0.25) is 0 Å². The molecule has 1 saturated heterocycles. The highest BCUT2D eigenvalue weighted by Crippen LogP contribution is 2.23. The number of carbonyl (C=O) groups is 1. The topological polar surface area (TPSA) is 26.3 Å². The molecule has 0 aliphatic carbocycles. The van der Waals surface area contributed by atoms with Crippen LogP contribution in [-0.2, 0) is 9.53 Å². The molecule has 1 aromatic rings. The van der Waals surface area contributed by atoms with Crippen molar-refractivity contribution in [3.05, 3.63) is 51.5 Å². The fourth-order valence-corrected chi connectivity index (χ4v) is 1.80. The summed E-state index contributed by atoms with van der Waals surface area (Å²) in [4.78, 5) is 11.2. The summed E-state index contributed by atoms with van der Waals surface area (Å²) in [6, 6.07) is 5.36. The Morgan fingerprint density at radius 3 is 2.71 bits per heavy atom. The van der Waals surface area contributed by atoms with Gasteiger partial charge in [-0.1, -0.05) is 47.5 Å². The summed E-state index contributed by atoms with van der Waals surface area (Å²) in [5.74, 6) is -0.233. The third-order valence-corrected chi connectivity index (χ3v) is 3.14. The number of allylic oxidation sites excluding steroid dienone is 2. The van der Waals surface area contributed by atoms with Gasteiger partial charge < -0.3 is 4.74 Å². The molecule has 4 heteroatoms. The van der Waals surface area contributed by atoms with Gasteiger partial charge in [0.1, 0.15) is 0 Å². The van der Waals surface area contributed by atoms with E-state index >= 15 is 0 Å². The molecular formula is C13H10Cl2O2. The number of benzene rings is 1. The Morgan fingerprint density at radius 1 is 1.24 bits per heavy atom. The molecule has 88 valence electrons. The van der Waals surface area contributed by atoms with E-state index in [0.29, 0.717) is 28.6 Å². The van der Waals surface area contributed by atoms with Crippen LogP contribution in [0.1, 0.15) is 12.0 Å². The van der Waals surface area contributed by atoms with Crippen LogP contribution in [0.2, 0.25) is 10.0 Å². The Labute approximate surface area is 109 Å². The zero-order chi connectivity index (χ0) is 12.3. The van der Waals surface area contributed by atoms with Crippen LogP contribution in [0.25, 0.3) is 6.08 Å². The molecule has 0 N–H and O–H groups in total. The van der Waals surface area contributed by atoms with Gasteiger partial charge in [-0.2, -0.15) is 0 Å². The molecule has 0 aromatic heterocycles. The summed E-state index contributed by atoms with van der Waals surface area (Å²) >= 11 is 11.7. The van der Waals surface area contributed by atoms with Gasteiger partial charge in [-0.25, -0.2) is 4.79 Å². The molecule has 1 heterocycles. The second-order valence-corrected chi connectivity index (χ2v) is 4.42. The van der Waals surface area contributed by atoms with Crippen molar-refractivity contribution in [2.24, 2.45) is 0 Å². The normalized spacial score (nSPS) is 18.0. The van der Waals surface area contributed by atoms with E-state index in [1.54, 1.807) is 18.2 Å². The summed E-state index contributed by atoms with van der Waals surface area (Å²) in [5, 5.41) is 1.04. The van der Waals surface area contributed by atoms with Crippen LogP contribution in [0, 0.1) is 0 Å². The van der Waals surface area contributed by atoms with E-state index in [0.717, 1.165) is 5.56 Å². The Hall–Kier alpha value is -1.25. The fraction of sp³-hybridized carbons (Fsp3) is 0.154. The summed E-state index contributed by atoms with van der Waals surface area (Å²) in [6.07, 6.45) is 6.10. The van der Waals surface area contributed by atoms with Crippen molar-refractivity contribution in [1.82, 2.24) is 0 Å². The molecule has 2 rings (SSSR count). The van der Waals surface area contributed by atoms with Crippen LogP contribution in [0.3, 0.4) is 0 Å². The van der Waals surface area contributed by atoms with Crippen molar-refractivity contribution < 1.29 is 9.53 Å². The van der Waals surface area contributed by atoms with Gasteiger partial charge in [-0.15, -0.1) is 0 Å². The van der Waals surface area contributed by atoms with Crippen LogP contribution in [0.4, 0.5) is 0 Å². The Morgan fingerprint density at radius 2 is 2.06 bits per heavy atom. The van der Waals surface area contributed by atoms with Gasteiger partial charge in [0.25, 0.3) is 0 Å². The lowest BCUT2D eigenvalue weighted by Gasteiger charge is -1.96. The molecule has 0 bridgehead atoms. The van der Waals surface area contributed by atoms with E-state index in [2.05, 4.69) is 0 Å². The van der Waals surface area contributed by atoms with Gasteiger partial charge in [-0.05, 0) is 17.7 Å². The minimum atomic E-state index is -0.233. The number of esters is 1. The predicted molar refractivity (Wildman–Crippen MR) is 69.2 cm³/mol. The van der Waals surface area contributed by atoms with E-state index in [9.17, 15) is 4.79 Å². The Bertz CT molecular complexity index is 504. The van der Waals surface area contributed by atoms with Gasteiger partial charge >= 0.3 is 5.97 Å². The third kappa shape index (κ3) is 3.11. The van der Waals surface area contributed by atoms with Crippen molar-refractivity contribution >= 4 is 35.2 Å². The number of cyclic esters (lactones) is 1. The van der Waals surface area contributed by atoms with Gasteiger partial charge in [0.05, 0.1) is 16.7 Å². The second kappa shape index (κ2) is 5.39. The quantitative estimate of drug-likeness (QED) is 0.601. The highest BCUT2D eigenvalue weighted by Gasteiger charge is 2.16. The lowest BCUT2D eigenvalue weighted by Crippen LogP contribution is -1.93. The maximum absolute atomic E-state index is 11.2. The number of ether oxygens (including phenoxy) is 1. The van der Waals surface area contributed by atoms with Crippen molar-refractivity contribution in [3.63, 3.8) is 0 Å². The second-order valence-electron chi connectivity index (χ2n) is 3.61. The lowest BCUT2D eigenvalue weighted by molar-refractivity contribution is -0.135. The maximum Gasteiger partial charge on any atom is 0.334 e. The van der Waals surface area contributed by atoms with Crippen molar-refractivity contribution in [2.75, 3.05) is 6.61 Å². The van der Waals surface area contributed by atoms with E-state index < -0.39 is 0 Å². The molecule has 2 nitrogen and oxygen atoms in total. The summed E-state index contributed by atoms with van der Waals surface area (Å²) < 4.78 is 4.82. The molecule has 0 amide bonds. The van der Waals surface area contributed by atoms with E-state index in [1.807, 2.05) is 18.2 Å². The highest BCUT2D eigenvalue weighted by molar-refractivity contribution is 6.42. The number of rotatable bonds is 2. The summed E-state index contributed by atoms with van der Waals surface area (Å²) in [5.41, 5.74) is 1.63. The lowest BCUT2D eigenvalue weighted by atomic mass is 10.1.